The highest BCUT2D eigenvalue weighted by molar-refractivity contribution is 7.99. The number of nitrogens with two attached hydrogens (primary N) is 1. The number of hydrogen-bond acceptors (Lipinski definition) is 3. The summed E-state index contributed by atoms with van der Waals surface area (Å²) < 4.78 is 0. The van der Waals surface area contributed by atoms with Gasteiger partial charge in [-0.3, -0.25) is 0 Å². The molecule has 2 aromatic rings. The highest BCUT2D eigenvalue weighted by Crippen LogP contribution is 2.32. The van der Waals surface area contributed by atoms with E-state index >= 15 is 0 Å². The van der Waals surface area contributed by atoms with E-state index in [9.17, 15) is 0 Å². The van der Waals surface area contributed by atoms with Gasteiger partial charge in [0.1, 0.15) is 0 Å². The molecule has 0 aliphatic heterocycles. The number of aromatic nitrogens is 2. The zero-order chi connectivity index (χ0) is 11.7. The second-order valence-corrected chi connectivity index (χ2v) is 5.89. The first-order chi connectivity index (χ1) is 8.33. The summed E-state index contributed by atoms with van der Waals surface area (Å²) in [5, 5.41) is 1.53. The van der Waals surface area contributed by atoms with Crippen molar-refractivity contribution in [2.45, 2.75) is 42.1 Å². The summed E-state index contributed by atoms with van der Waals surface area (Å²) in [7, 11) is 0. The maximum Gasteiger partial charge on any atom is 0.166 e. The van der Waals surface area contributed by atoms with E-state index in [0.29, 0.717) is 11.3 Å². The number of benzene rings is 1. The van der Waals surface area contributed by atoms with Crippen LogP contribution in [0, 0.1) is 0 Å². The number of imidazole rings is 1. The Morgan fingerprint density at radius 2 is 2.06 bits per heavy atom. The topological polar surface area (TPSA) is 54.7 Å². The van der Waals surface area contributed by atoms with Gasteiger partial charge in [0.05, 0.1) is 11.0 Å². The van der Waals surface area contributed by atoms with Crippen LogP contribution in [0.3, 0.4) is 0 Å². The molecule has 4 heteroatoms. The molecule has 1 aliphatic rings. The highest BCUT2D eigenvalue weighted by Gasteiger charge is 2.23. The molecule has 1 aromatic heterocycles. The average Bonchev–Trinajstić information content (AvgIpc) is 2.74. The fraction of sp³-hybridized carbons (Fsp3) is 0.462. The predicted octanol–water partition coefficient (Wildman–Crippen LogP) is 2.92. The van der Waals surface area contributed by atoms with Gasteiger partial charge in [0.15, 0.2) is 5.16 Å². The van der Waals surface area contributed by atoms with Gasteiger partial charge in [-0.2, -0.15) is 0 Å². The Bertz CT molecular complexity index is 475. The van der Waals surface area contributed by atoms with Crippen LogP contribution in [0.1, 0.15) is 25.7 Å². The lowest BCUT2D eigenvalue weighted by Gasteiger charge is -2.26. The van der Waals surface area contributed by atoms with Crippen LogP contribution in [-0.2, 0) is 0 Å². The Labute approximate surface area is 105 Å². The Morgan fingerprint density at radius 3 is 2.88 bits per heavy atom. The van der Waals surface area contributed by atoms with E-state index < -0.39 is 0 Å². The minimum Gasteiger partial charge on any atom is -0.333 e. The van der Waals surface area contributed by atoms with Crippen LogP contribution in [0.2, 0.25) is 0 Å². The first-order valence-electron chi connectivity index (χ1n) is 6.20. The number of hydrogen-bond donors (Lipinski definition) is 2. The van der Waals surface area contributed by atoms with Gasteiger partial charge in [0.2, 0.25) is 0 Å². The minimum absolute atomic E-state index is 0.321. The van der Waals surface area contributed by atoms with Crippen molar-refractivity contribution in [3.05, 3.63) is 24.3 Å². The molecule has 1 aromatic carbocycles. The number of para-hydroxylation sites is 2. The standard InChI is InChI=1S/C13H17N3S/c14-9-5-1-4-8-12(9)17-13-15-10-6-2-3-7-11(10)16-13/h2-3,6-7,9,12H,1,4-5,8,14H2,(H,15,16). The van der Waals surface area contributed by atoms with Gasteiger partial charge >= 0.3 is 0 Å². The molecule has 2 unspecified atom stereocenters. The third-order valence-electron chi connectivity index (χ3n) is 3.38. The lowest BCUT2D eigenvalue weighted by atomic mass is 9.96. The molecule has 1 fully saturated rings. The van der Waals surface area contributed by atoms with E-state index in [1.807, 2.05) is 18.2 Å². The van der Waals surface area contributed by atoms with Crippen LogP contribution in [-0.4, -0.2) is 21.3 Å². The third-order valence-corrected chi connectivity index (χ3v) is 4.69. The summed E-state index contributed by atoms with van der Waals surface area (Å²) in [5.41, 5.74) is 8.31. The highest BCUT2D eigenvalue weighted by atomic mass is 32.2. The molecule has 0 spiro atoms. The molecule has 3 N–H and O–H groups in total. The van der Waals surface area contributed by atoms with Gasteiger partial charge in [0, 0.05) is 11.3 Å². The van der Waals surface area contributed by atoms with Crippen LogP contribution < -0.4 is 5.73 Å². The number of rotatable bonds is 2. The van der Waals surface area contributed by atoms with Crippen LogP contribution in [0.4, 0.5) is 0 Å². The van der Waals surface area contributed by atoms with E-state index in [-0.39, 0.29) is 0 Å². The largest absolute Gasteiger partial charge is 0.333 e. The van der Waals surface area contributed by atoms with E-state index in [0.717, 1.165) is 22.6 Å². The summed E-state index contributed by atoms with van der Waals surface area (Å²) in [5.74, 6) is 0. The van der Waals surface area contributed by atoms with Crippen molar-refractivity contribution in [2.75, 3.05) is 0 Å². The zero-order valence-corrected chi connectivity index (χ0v) is 10.5. The second kappa shape index (κ2) is 4.70. The number of H-pyrrole nitrogens is 1. The van der Waals surface area contributed by atoms with E-state index in [4.69, 9.17) is 5.73 Å². The fourth-order valence-corrected chi connectivity index (χ4v) is 3.60. The molecule has 0 radical (unpaired) electrons. The van der Waals surface area contributed by atoms with Gasteiger partial charge in [-0.05, 0) is 25.0 Å². The summed E-state index contributed by atoms with van der Waals surface area (Å²) in [4.78, 5) is 7.95. The third kappa shape index (κ3) is 2.33. The van der Waals surface area contributed by atoms with Crippen LogP contribution in [0.25, 0.3) is 11.0 Å². The van der Waals surface area contributed by atoms with E-state index in [1.54, 1.807) is 11.8 Å². The van der Waals surface area contributed by atoms with Crippen molar-refractivity contribution in [2.24, 2.45) is 5.73 Å². The molecule has 0 bridgehead atoms. The lowest BCUT2D eigenvalue weighted by molar-refractivity contribution is 0.453. The summed E-state index contributed by atoms with van der Waals surface area (Å²) in [6, 6.07) is 8.47. The van der Waals surface area contributed by atoms with Crippen molar-refractivity contribution < 1.29 is 0 Å². The Balaban J connectivity index is 1.79. The van der Waals surface area contributed by atoms with Crippen molar-refractivity contribution in [1.82, 2.24) is 9.97 Å². The predicted molar refractivity (Wildman–Crippen MR) is 72.2 cm³/mol. The Kier molecular flexibility index (Phi) is 3.07. The van der Waals surface area contributed by atoms with Crippen LogP contribution in [0.15, 0.2) is 29.4 Å². The monoisotopic (exact) mass is 247 g/mol. The van der Waals surface area contributed by atoms with Crippen LogP contribution >= 0.6 is 11.8 Å². The first kappa shape index (κ1) is 11.1. The summed E-state index contributed by atoms with van der Waals surface area (Å²) in [6.07, 6.45) is 4.94. The van der Waals surface area contributed by atoms with Crippen LogP contribution in [0.5, 0.6) is 0 Å². The zero-order valence-electron chi connectivity index (χ0n) is 9.73. The quantitative estimate of drug-likeness (QED) is 0.858. The average molecular weight is 247 g/mol. The number of thioether (sulfide) groups is 1. The molecular weight excluding hydrogens is 230 g/mol. The molecule has 3 rings (SSSR count). The summed E-state index contributed by atoms with van der Waals surface area (Å²) in [6.45, 7) is 0. The minimum atomic E-state index is 0.321. The van der Waals surface area contributed by atoms with Gasteiger partial charge in [0.25, 0.3) is 0 Å². The summed E-state index contributed by atoms with van der Waals surface area (Å²) >= 11 is 1.81. The normalized spacial score (nSPS) is 25.2. The molecule has 0 amide bonds. The molecule has 2 atom stereocenters. The van der Waals surface area contributed by atoms with Gasteiger partial charge in [-0.1, -0.05) is 36.7 Å². The molecule has 17 heavy (non-hydrogen) atoms. The van der Waals surface area contributed by atoms with Crippen molar-refractivity contribution >= 4 is 22.8 Å². The Hall–Kier alpha value is -1.00. The van der Waals surface area contributed by atoms with E-state index in [2.05, 4.69) is 16.0 Å². The second-order valence-electron chi connectivity index (χ2n) is 4.66. The number of nitrogens with one attached hydrogen (secondary N) is 1. The van der Waals surface area contributed by atoms with Gasteiger partial charge < -0.3 is 10.7 Å². The van der Waals surface area contributed by atoms with E-state index in [1.165, 1.54) is 19.3 Å². The molecule has 0 saturated heterocycles. The molecular formula is C13H17N3S. The molecule has 1 heterocycles. The maximum absolute atomic E-state index is 6.16. The molecule has 90 valence electrons. The SMILES string of the molecule is NC1CCCCC1Sc1nc2ccccc2[nH]1. The van der Waals surface area contributed by atoms with Crippen molar-refractivity contribution in [1.29, 1.82) is 0 Å². The molecule has 1 aliphatic carbocycles. The fourth-order valence-electron chi connectivity index (χ4n) is 2.40. The number of nitrogens with zero attached hydrogens (tertiary/aromatic N) is 1. The van der Waals surface area contributed by atoms with Crippen molar-refractivity contribution in [3.8, 4) is 0 Å². The molecule has 1 saturated carbocycles. The number of fused-ring (bicyclic) bond motifs is 1. The lowest BCUT2D eigenvalue weighted by Crippen LogP contribution is -2.35. The van der Waals surface area contributed by atoms with Gasteiger partial charge in [-0.15, -0.1) is 0 Å². The number of aromatic amines is 1. The van der Waals surface area contributed by atoms with Crippen molar-refractivity contribution in [3.63, 3.8) is 0 Å². The molecule has 3 nitrogen and oxygen atoms in total. The smallest absolute Gasteiger partial charge is 0.166 e. The Morgan fingerprint density at radius 1 is 1.24 bits per heavy atom. The van der Waals surface area contributed by atoms with Gasteiger partial charge in [-0.25, -0.2) is 4.98 Å². The first-order valence-corrected chi connectivity index (χ1v) is 7.08. The maximum atomic E-state index is 6.16.